The van der Waals surface area contributed by atoms with E-state index in [0.717, 1.165) is 0 Å². The Labute approximate surface area is 88.5 Å². The Bertz CT molecular complexity index is 114. The topological polar surface area (TPSA) is 18.5 Å². The molecular formula is C8H20O2Si3. The van der Waals surface area contributed by atoms with Crippen LogP contribution in [0.25, 0.3) is 0 Å². The molecule has 0 saturated carbocycles. The maximum atomic E-state index is 5.59. The van der Waals surface area contributed by atoms with Gasteiger partial charge < -0.3 is 8.23 Å². The molecule has 0 bridgehead atoms. The molecule has 0 aromatic rings. The summed E-state index contributed by atoms with van der Waals surface area (Å²) in [4.78, 5) is 0. The summed E-state index contributed by atoms with van der Waals surface area (Å²) in [5.74, 6) is 0. The minimum atomic E-state index is -1.34. The van der Waals surface area contributed by atoms with Crippen molar-refractivity contribution < 1.29 is 8.23 Å². The monoisotopic (exact) mass is 232 g/mol. The molecule has 0 aliphatic heterocycles. The Morgan fingerprint density at radius 3 is 2.38 bits per heavy atom. The van der Waals surface area contributed by atoms with Crippen molar-refractivity contribution in [3.05, 3.63) is 0 Å². The van der Waals surface area contributed by atoms with Crippen LogP contribution in [0.2, 0.25) is 25.7 Å². The third kappa shape index (κ3) is 12.6. The normalized spacial score (nSPS) is 12.0. The van der Waals surface area contributed by atoms with E-state index in [0.29, 0.717) is 9.76 Å². The van der Waals surface area contributed by atoms with E-state index in [9.17, 15) is 0 Å². The summed E-state index contributed by atoms with van der Waals surface area (Å²) in [7, 11) is -0.434. The highest BCUT2D eigenvalue weighted by Gasteiger charge is 2.14. The van der Waals surface area contributed by atoms with Crippen LogP contribution >= 0.6 is 0 Å². The number of rotatable bonds is 8. The number of hydrogen-bond acceptors (Lipinski definition) is 2. The molecule has 0 fully saturated rings. The average molecular weight is 233 g/mol. The molecule has 0 unspecified atom stereocenters. The van der Waals surface area contributed by atoms with E-state index in [-0.39, 0.29) is 10.0 Å². The highest BCUT2D eigenvalue weighted by molar-refractivity contribution is 6.73. The molecule has 0 spiro atoms. The van der Waals surface area contributed by atoms with E-state index in [1.807, 2.05) is 0 Å². The van der Waals surface area contributed by atoms with Crippen molar-refractivity contribution >= 4 is 28.1 Å². The van der Waals surface area contributed by atoms with E-state index in [2.05, 4.69) is 26.6 Å². The molecule has 0 N–H and O–H groups in total. The number of hydrogen-bond donors (Lipinski definition) is 0. The zero-order chi connectivity index (χ0) is 10.2. The maximum absolute atomic E-state index is 5.59. The summed E-state index contributed by atoms with van der Waals surface area (Å²) in [6.45, 7) is 8.77. The van der Waals surface area contributed by atoms with Crippen molar-refractivity contribution in [1.29, 1.82) is 0 Å². The first kappa shape index (κ1) is 13.6. The molecule has 76 valence electrons. The molecule has 0 atom stereocenters. The third-order valence-corrected chi connectivity index (χ3v) is 5.60. The molecule has 0 saturated heterocycles. The van der Waals surface area contributed by atoms with Crippen LogP contribution < -0.4 is 0 Å². The number of unbranched alkanes of at least 4 members (excludes halogenated alkanes) is 2. The van der Waals surface area contributed by atoms with Crippen LogP contribution in [0.1, 0.15) is 26.2 Å². The molecule has 2 nitrogen and oxygen atoms in total. The predicted octanol–water partition coefficient (Wildman–Crippen LogP) is 2.62. The van der Waals surface area contributed by atoms with Crippen LogP contribution in [0.3, 0.4) is 0 Å². The summed E-state index contributed by atoms with van der Waals surface area (Å²) in [6, 6.07) is 1.20. The zero-order valence-corrected chi connectivity index (χ0v) is 12.1. The first-order valence-electron chi connectivity index (χ1n) is 4.88. The largest absolute Gasteiger partial charge is 0.435 e. The van der Waals surface area contributed by atoms with Gasteiger partial charge in [0.25, 0.3) is 0 Å². The SMILES string of the molecule is CCCCC[Si]O[Si]O[Si](C)(C)C. The van der Waals surface area contributed by atoms with Gasteiger partial charge >= 0.3 is 10.0 Å². The second-order valence-corrected chi connectivity index (χ2v) is 10.8. The van der Waals surface area contributed by atoms with Gasteiger partial charge in [-0.1, -0.05) is 26.2 Å². The summed E-state index contributed by atoms with van der Waals surface area (Å²) >= 11 is 0. The summed E-state index contributed by atoms with van der Waals surface area (Å²) in [5, 5.41) is 0. The van der Waals surface area contributed by atoms with Crippen molar-refractivity contribution in [1.82, 2.24) is 0 Å². The van der Waals surface area contributed by atoms with Crippen LogP contribution in [0.15, 0.2) is 0 Å². The Kier molecular flexibility index (Phi) is 8.28. The highest BCUT2D eigenvalue weighted by atomic mass is 28.4. The van der Waals surface area contributed by atoms with Crippen LogP contribution in [0, 0.1) is 0 Å². The lowest BCUT2D eigenvalue weighted by Gasteiger charge is -2.15. The zero-order valence-electron chi connectivity index (χ0n) is 9.14. The van der Waals surface area contributed by atoms with Crippen LogP contribution in [0.4, 0.5) is 0 Å². The van der Waals surface area contributed by atoms with E-state index < -0.39 is 8.32 Å². The quantitative estimate of drug-likeness (QED) is 0.473. The van der Waals surface area contributed by atoms with Gasteiger partial charge in [0, 0.05) is 0 Å². The fourth-order valence-electron chi connectivity index (χ4n) is 0.673. The molecule has 13 heavy (non-hydrogen) atoms. The lowest BCUT2D eigenvalue weighted by Crippen LogP contribution is -2.29. The minimum Gasteiger partial charge on any atom is -0.435 e. The van der Waals surface area contributed by atoms with Crippen LogP contribution in [-0.2, 0) is 8.23 Å². The van der Waals surface area contributed by atoms with E-state index >= 15 is 0 Å². The summed E-state index contributed by atoms with van der Waals surface area (Å²) in [5.41, 5.74) is 0. The van der Waals surface area contributed by atoms with Crippen LogP contribution in [0.5, 0.6) is 0 Å². The first-order chi connectivity index (χ1) is 6.06. The molecule has 0 heterocycles. The van der Waals surface area contributed by atoms with Crippen molar-refractivity contribution in [2.24, 2.45) is 0 Å². The second kappa shape index (κ2) is 7.93. The lowest BCUT2D eigenvalue weighted by atomic mass is 10.3. The minimum absolute atomic E-state index is 0.270. The van der Waals surface area contributed by atoms with Crippen molar-refractivity contribution in [2.45, 2.75) is 51.9 Å². The smallest absolute Gasteiger partial charge is 0.409 e. The standard InChI is InChI=1S/C8H20O2Si3/c1-5-6-7-8-11-9-12-10-13(2,3)4/h5-8H2,1-4H3. The van der Waals surface area contributed by atoms with Gasteiger partial charge in [-0.15, -0.1) is 0 Å². The molecule has 0 aromatic carbocycles. The Morgan fingerprint density at radius 1 is 1.15 bits per heavy atom. The first-order valence-corrected chi connectivity index (χ1v) is 10.2. The maximum Gasteiger partial charge on any atom is 0.409 e. The van der Waals surface area contributed by atoms with Gasteiger partial charge in [0.15, 0.2) is 8.32 Å². The fourth-order valence-corrected chi connectivity index (χ4v) is 3.25. The van der Waals surface area contributed by atoms with Gasteiger partial charge in [-0.3, -0.25) is 0 Å². The molecule has 0 aliphatic rings. The van der Waals surface area contributed by atoms with E-state index in [4.69, 9.17) is 8.23 Å². The Balaban J connectivity index is 3.00. The Hall–Kier alpha value is 0.571. The van der Waals surface area contributed by atoms with Crippen LogP contribution in [-0.4, -0.2) is 28.1 Å². The third-order valence-electron chi connectivity index (χ3n) is 1.34. The van der Waals surface area contributed by atoms with Gasteiger partial charge in [-0.05, 0) is 25.7 Å². The van der Waals surface area contributed by atoms with Gasteiger partial charge in [-0.2, -0.15) is 0 Å². The highest BCUT2D eigenvalue weighted by Crippen LogP contribution is 2.01. The van der Waals surface area contributed by atoms with Crippen molar-refractivity contribution in [2.75, 3.05) is 0 Å². The van der Waals surface area contributed by atoms with Gasteiger partial charge in [0.05, 0.1) is 0 Å². The molecule has 0 aromatic heterocycles. The molecular weight excluding hydrogens is 212 g/mol. The van der Waals surface area contributed by atoms with Gasteiger partial charge in [0.2, 0.25) is 9.76 Å². The molecule has 5 heteroatoms. The van der Waals surface area contributed by atoms with Gasteiger partial charge in [-0.25, -0.2) is 0 Å². The summed E-state index contributed by atoms with van der Waals surface area (Å²) in [6.07, 6.45) is 3.92. The van der Waals surface area contributed by atoms with E-state index in [1.54, 1.807) is 0 Å². The molecule has 0 amide bonds. The fraction of sp³-hybridized carbons (Fsp3) is 1.00. The van der Waals surface area contributed by atoms with Gasteiger partial charge in [0.1, 0.15) is 0 Å². The van der Waals surface area contributed by atoms with Crippen molar-refractivity contribution in [3.8, 4) is 0 Å². The molecule has 4 radical (unpaired) electrons. The Morgan fingerprint density at radius 2 is 1.85 bits per heavy atom. The predicted molar refractivity (Wildman–Crippen MR) is 61.4 cm³/mol. The average Bonchev–Trinajstić information content (AvgIpc) is 2.01. The van der Waals surface area contributed by atoms with E-state index in [1.165, 1.54) is 25.3 Å². The van der Waals surface area contributed by atoms with Crippen molar-refractivity contribution in [3.63, 3.8) is 0 Å². The molecule has 0 aliphatic carbocycles. The summed E-state index contributed by atoms with van der Waals surface area (Å²) < 4.78 is 11.0. The second-order valence-electron chi connectivity index (χ2n) is 4.00. The molecule has 0 rings (SSSR count). The lowest BCUT2D eigenvalue weighted by molar-refractivity contribution is 0.471.